The molecule has 2 atom stereocenters. The van der Waals surface area contributed by atoms with Gasteiger partial charge >= 0.3 is 0 Å². The first-order valence-electron chi connectivity index (χ1n) is 9.89. The molecule has 148 valence electrons. The lowest BCUT2D eigenvalue weighted by molar-refractivity contribution is 0.112. The topological polar surface area (TPSA) is 41.6 Å². The molecular weight excluding hydrogens is 336 g/mol. The molecule has 0 saturated heterocycles. The Labute approximate surface area is 165 Å². The van der Waals surface area contributed by atoms with Crippen LogP contribution in [0.25, 0.3) is 0 Å². The fraction of sp³-hybridized carbons (Fsp3) is 0.435. The number of benzene rings is 2. The number of nitrogens with zero attached hydrogens (tertiary/aromatic N) is 1. The summed E-state index contributed by atoms with van der Waals surface area (Å²) in [5, 5.41) is 3.47. The van der Waals surface area contributed by atoms with Gasteiger partial charge in [0.15, 0.2) is 6.29 Å². The van der Waals surface area contributed by atoms with Gasteiger partial charge in [-0.05, 0) is 43.2 Å². The van der Waals surface area contributed by atoms with Crippen molar-refractivity contribution in [2.45, 2.75) is 46.1 Å². The van der Waals surface area contributed by atoms with Crippen LogP contribution in [0.15, 0.2) is 42.5 Å². The maximum absolute atomic E-state index is 11.4. The van der Waals surface area contributed by atoms with Crippen molar-refractivity contribution in [1.82, 2.24) is 0 Å². The largest absolute Gasteiger partial charge is 0.497 e. The Morgan fingerprint density at radius 3 is 2.70 bits per heavy atom. The van der Waals surface area contributed by atoms with E-state index in [1.807, 2.05) is 26.0 Å². The first kappa shape index (κ1) is 20.8. The van der Waals surface area contributed by atoms with Gasteiger partial charge in [0, 0.05) is 43.4 Å². The molecule has 1 aliphatic rings. The zero-order chi connectivity index (χ0) is 19.8. The number of methoxy groups -OCH3 is 1. The Kier molecular flexibility index (Phi) is 7.71. The number of aldehydes is 1. The monoisotopic (exact) mass is 370 g/mol. The van der Waals surface area contributed by atoms with E-state index in [-0.39, 0.29) is 7.47 Å². The maximum Gasteiger partial charge on any atom is 0.152 e. The average Bonchev–Trinajstić information content (AvgIpc) is 3.07. The molecule has 2 aromatic carbocycles. The van der Waals surface area contributed by atoms with E-state index in [0.717, 1.165) is 31.5 Å². The molecule has 2 unspecified atom stereocenters. The van der Waals surface area contributed by atoms with E-state index < -0.39 is 0 Å². The van der Waals surface area contributed by atoms with Crippen molar-refractivity contribution in [1.29, 1.82) is 0 Å². The van der Waals surface area contributed by atoms with Crippen LogP contribution in [0.5, 0.6) is 5.75 Å². The van der Waals surface area contributed by atoms with Crippen LogP contribution in [0.4, 0.5) is 11.4 Å². The molecule has 1 aliphatic heterocycles. The van der Waals surface area contributed by atoms with Gasteiger partial charge < -0.3 is 15.0 Å². The first-order chi connectivity index (χ1) is 13.2. The number of fused-ring (bicyclic) bond motifs is 1. The maximum atomic E-state index is 11.4. The molecule has 0 aromatic heterocycles. The molecule has 1 N–H and O–H groups in total. The lowest BCUT2D eigenvalue weighted by Crippen LogP contribution is -2.34. The molecule has 0 amide bonds. The predicted octanol–water partition coefficient (Wildman–Crippen LogP) is 5.59. The quantitative estimate of drug-likeness (QED) is 0.645. The Morgan fingerprint density at radius 2 is 2.04 bits per heavy atom. The number of ether oxygens (including phenoxy) is 1. The van der Waals surface area contributed by atoms with Gasteiger partial charge in [-0.15, -0.1) is 0 Å². The van der Waals surface area contributed by atoms with Gasteiger partial charge in [0.1, 0.15) is 5.75 Å². The highest BCUT2D eigenvalue weighted by atomic mass is 16.5. The smallest absolute Gasteiger partial charge is 0.152 e. The van der Waals surface area contributed by atoms with E-state index in [9.17, 15) is 4.79 Å². The SMILES string of the molecule is CC.CCC1CN(CC(C)Nc2ccc(OC)cc2C=O)c2ccccc21.[HH]. The average molecular weight is 371 g/mol. The molecule has 2 aromatic rings. The molecule has 0 radical (unpaired) electrons. The lowest BCUT2D eigenvalue weighted by Gasteiger charge is -2.26. The molecular formula is C23H34N2O2. The van der Waals surface area contributed by atoms with Crippen LogP contribution < -0.4 is 15.0 Å². The van der Waals surface area contributed by atoms with Crippen molar-refractivity contribution in [3.05, 3.63) is 53.6 Å². The second-order valence-electron chi connectivity index (χ2n) is 6.69. The van der Waals surface area contributed by atoms with E-state index in [1.165, 1.54) is 11.3 Å². The third kappa shape index (κ3) is 4.82. The highest BCUT2D eigenvalue weighted by Crippen LogP contribution is 2.37. The van der Waals surface area contributed by atoms with E-state index in [2.05, 4.69) is 48.3 Å². The minimum atomic E-state index is 0. The summed E-state index contributed by atoms with van der Waals surface area (Å²) in [4.78, 5) is 13.8. The molecule has 4 nitrogen and oxygen atoms in total. The van der Waals surface area contributed by atoms with Crippen molar-refractivity contribution in [2.75, 3.05) is 30.4 Å². The molecule has 0 aliphatic carbocycles. The molecule has 27 heavy (non-hydrogen) atoms. The number of hydrogen-bond donors (Lipinski definition) is 1. The van der Waals surface area contributed by atoms with Crippen molar-refractivity contribution >= 4 is 17.7 Å². The number of anilines is 2. The van der Waals surface area contributed by atoms with Crippen LogP contribution >= 0.6 is 0 Å². The Balaban J connectivity index is 0.00000127. The van der Waals surface area contributed by atoms with Crippen molar-refractivity contribution in [3.8, 4) is 5.75 Å². The molecule has 0 fully saturated rings. The Hall–Kier alpha value is -2.49. The van der Waals surface area contributed by atoms with Gasteiger partial charge in [-0.1, -0.05) is 39.0 Å². The second kappa shape index (κ2) is 10.0. The van der Waals surface area contributed by atoms with Crippen LogP contribution in [0.1, 0.15) is 57.4 Å². The van der Waals surface area contributed by atoms with Gasteiger partial charge in [0.05, 0.1) is 7.11 Å². The third-order valence-electron chi connectivity index (χ3n) is 4.93. The molecule has 0 spiro atoms. The van der Waals surface area contributed by atoms with Gasteiger partial charge in [-0.3, -0.25) is 4.79 Å². The van der Waals surface area contributed by atoms with Gasteiger partial charge in [0.25, 0.3) is 0 Å². The normalized spacial score (nSPS) is 16.0. The van der Waals surface area contributed by atoms with Gasteiger partial charge in [-0.2, -0.15) is 0 Å². The number of hydrogen-bond acceptors (Lipinski definition) is 4. The van der Waals surface area contributed by atoms with Crippen molar-refractivity contribution in [2.24, 2.45) is 0 Å². The molecule has 4 heteroatoms. The standard InChI is InChI=1S/C21H26N2O2.C2H6.H2/c1-4-16-13-23(21-8-6-5-7-19(16)21)12-15(2)22-20-10-9-18(25-3)11-17(20)14-24;1-2;/h5-11,14-16,22H,4,12-13H2,1-3H3;1-2H3;1H. The van der Waals surface area contributed by atoms with Crippen LogP contribution in [0.2, 0.25) is 0 Å². The minimum Gasteiger partial charge on any atom is -0.497 e. The molecule has 0 bridgehead atoms. The molecule has 1 heterocycles. The third-order valence-corrected chi connectivity index (χ3v) is 4.93. The zero-order valence-electron chi connectivity index (χ0n) is 17.2. The number of para-hydroxylation sites is 1. The lowest BCUT2D eigenvalue weighted by atomic mass is 9.99. The first-order valence-corrected chi connectivity index (χ1v) is 9.89. The summed E-state index contributed by atoms with van der Waals surface area (Å²) in [6.07, 6.45) is 2.03. The highest BCUT2D eigenvalue weighted by Gasteiger charge is 2.27. The number of rotatable bonds is 7. The number of carbonyl (C=O) groups excluding carboxylic acids is 1. The van der Waals surface area contributed by atoms with E-state index >= 15 is 0 Å². The van der Waals surface area contributed by atoms with E-state index in [0.29, 0.717) is 17.2 Å². The zero-order valence-corrected chi connectivity index (χ0v) is 17.2. The number of nitrogens with one attached hydrogen (secondary N) is 1. The minimum absolute atomic E-state index is 0. The van der Waals surface area contributed by atoms with Crippen LogP contribution in [0, 0.1) is 0 Å². The van der Waals surface area contributed by atoms with Gasteiger partial charge in [-0.25, -0.2) is 0 Å². The van der Waals surface area contributed by atoms with Crippen LogP contribution in [-0.2, 0) is 0 Å². The summed E-state index contributed by atoms with van der Waals surface area (Å²) >= 11 is 0. The van der Waals surface area contributed by atoms with Crippen LogP contribution in [0.3, 0.4) is 0 Å². The Bertz CT molecular complexity index is 751. The van der Waals surface area contributed by atoms with E-state index in [4.69, 9.17) is 4.74 Å². The highest BCUT2D eigenvalue weighted by molar-refractivity contribution is 5.85. The van der Waals surface area contributed by atoms with Crippen LogP contribution in [-0.4, -0.2) is 32.5 Å². The molecule has 0 saturated carbocycles. The summed E-state index contributed by atoms with van der Waals surface area (Å²) in [6.45, 7) is 10.4. The van der Waals surface area contributed by atoms with Crippen molar-refractivity contribution < 1.29 is 11.0 Å². The summed E-state index contributed by atoms with van der Waals surface area (Å²) in [6, 6.07) is 14.5. The van der Waals surface area contributed by atoms with Crippen molar-refractivity contribution in [3.63, 3.8) is 0 Å². The fourth-order valence-corrected chi connectivity index (χ4v) is 3.64. The second-order valence-corrected chi connectivity index (χ2v) is 6.69. The van der Waals surface area contributed by atoms with E-state index in [1.54, 1.807) is 13.2 Å². The summed E-state index contributed by atoms with van der Waals surface area (Å²) in [7, 11) is 1.61. The molecule has 3 rings (SSSR count). The fourth-order valence-electron chi connectivity index (χ4n) is 3.64. The predicted molar refractivity (Wildman–Crippen MR) is 117 cm³/mol. The summed E-state index contributed by atoms with van der Waals surface area (Å²) in [5.41, 5.74) is 4.27. The summed E-state index contributed by atoms with van der Waals surface area (Å²) in [5.74, 6) is 1.30. The van der Waals surface area contributed by atoms with Gasteiger partial charge in [0.2, 0.25) is 0 Å². The summed E-state index contributed by atoms with van der Waals surface area (Å²) < 4.78 is 5.19. The number of carbonyl (C=O) groups is 1. The Morgan fingerprint density at radius 1 is 1.30 bits per heavy atom.